The highest BCUT2D eigenvalue weighted by Crippen LogP contribution is 2.15. The summed E-state index contributed by atoms with van der Waals surface area (Å²) >= 11 is 0. The summed E-state index contributed by atoms with van der Waals surface area (Å²) in [5.74, 6) is 0.130. The van der Waals surface area contributed by atoms with Crippen molar-refractivity contribution in [1.29, 1.82) is 0 Å². The molecule has 0 bridgehead atoms. The molecule has 116 valence electrons. The fourth-order valence-electron chi connectivity index (χ4n) is 2.48. The Balaban J connectivity index is 1.68. The number of hydrogen-bond acceptors (Lipinski definition) is 4. The summed E-state index contributed by atoms with van der Waals surface area (Å²) in [6.07, 6.45) is 0. The van der Waals surface area contributed by atoms with Crippen molar-refractivity contribution >= 4 is 11.6 Å². The van der Waals surface area contributed by atoms with Gasteiger partial charge in [0.25, 0.3) is 0 Å². The Labute approximate surface area is 127 Å². The van der Waals surface area contributed by atoms with Crippen LogP contribution in [0.15, 0.2) is 30.3 Å². The zero-order chi connectivity index (χ0) is 15.1. The number of carbonyl (C=O) groups excluding carboxylic acids is 1. The molecule has 1 aromatic carbocycles. The van der Waals surface area contributed by atoms with E-state index in [1.165, 1.54) is 5.69 Å². The standard InChI is InChI=1S/C16H26N4O/c1-18(2)9-8-17-16(21)14-19-10-12-20(13-11-19)15-6-4-3-5-7-15/h3-7H,8-14H2,1-2H3,(H,17,21). The Bertz CT molecular complexity index is 427. The van der Waals surface area contributed by atoms with E-state index < -0.39 is 0 Å². The normalized spacial score (nSPS) is 16.2. The highest BCUT2D eigenvalue weighted by molar-refractivity contribution is 5.78. The Morgan fingerprint density at radius 3 is 2.43 bits per heavy atom. The number of nitrogens with one attached hydrogen (secondary N) is 1. The fourth-order valence-corrected chi connectivity index (χ4v) is 2.48. The molecule has 0 unspecified atom stereocenters. The predicted octanol–water partition coefficient (Wildman–Crippen LogP) is 0.486. The molecule has 1 heterocycles. The van der Waals surface area contributed by atoms with Crippen LogP contribution in [0.25, 0.3) is 0 Å². The van der Waals surface area contributed by atoms with Crippen molar-refractivity contribution in [3.8, 4) is 0 Å². The van der Waals surface area contributed by atoms with Crippen molar-refractivity contribution in [2.45, 2.75) is 0 Å². The molecule has 1 aliphatic heterocycles. The number of para-hydroxylation sites is 1. The van der Waals surface area contributed by atoms with Crippen molar-refractivity contribution < 1.29 is 4.79 Å². The maximum atomic E-state index is 11.9. The van der Waals surface area contributed by atoms with E-state index in [-0.39, 0.29) is 5.91 Å². The summed E-state index contributed by atoms with van der Waals surface area (Å²) in [4.78, 5) is 18.5. The van der Waals surface area contributed by atoms with Gasteiger partial charge in [0.1, 0.15) is 0 Å². The van der Waals surface area contributed by atoms with Gasteiger partial charge in [0.2, 0.25) is 5.91 Å². The van der Waals surface area contributed by atoms with Crippen LogP contribution in [0.2, 0.25) is 0 Å². The zero-order valence-electron chi connectivity index (χ0n) is 13.1. The zero-order valence-corrected chi connectivity index (χ0v) is 13.1. The van der Waals surface area contributed by atoms with Crippen LogP contribution < -0.4 is 10.2 Å². The molecule has 0 saturated carbocycles. The Kier molecular flexibility index (Phi) is 6.02. The van der Waals surface area contributed by atoms with Gasteiger partial charge in [-0.2, -0.15) is 0 Å². The first-order chi connectivity index (χ1) is 10.1. The summed E-state index contributed by atoms with van der Waals surface area (Å²) in [7, 11) is 4.02. The Hall–Kier alpha value is -1.59. The minimum absolute atomic E-state index is 0.130. The smallest absolute Gasteiger partial charge is 0.234 e. The van der Waals surface area contributed by atoms with E-state index in [0.29, 0.717) is 6.54 Å². The van der Waals surface area contributed by atoms with Crippen molar-refractivity contribution in [3.05, 3.63) is 30.3 Å². The molecule has 21 heavy (non-hydrogen) atoms. The molecule has 0 spiro atoms. The molecule has 1 fully saturated rings. The number of benzene rings is 1. The monoisotopic (exact) mass is 290 g/mol. The van der Waals surface area contributed by atoms with Gasteiger partial charge in [0.15, 0.2) is 0 Å². The molecule has 5 nitrogen and oxygen atoms in total. The van der Waals surface area contributed by atoms with Gasteiger partial charge in [-0.15, -0.1) is 0 Å². The van der Waals surface area contributed by atoms with Gasteiger partial charge in [-0.3, -0.25) is 9.69 Å². The molecule has 2 rings (SSSR count). The van der Waals surface area contributed by atoms with Gasteiger partial charge in [-0.25, -0.2) is 0 Å². The number of hydrogen-bond donors (Lipinski definition) is 1. The molecular weight excluding hydrogens is 264 g/mol. The van der Waals surface area contributed by atoms with E-state index in [1.807, 2.05) is 20.2 Å². The lowest BCUT2D eigenvalue weighted by Gasteiger charge is -2.35. The lowest BCUT2D eigenvalue weighted by Crippen LogP contribution is -2.49. The summed E-state index contributed by atoms with van der Waals surface area (Å²) in [6, 6.07) is 10.5. The quantitative estimate of drug-likeness (QED) is 0.827. The van der Waals surface area contributed by atoms with Crippen LogP contribution in [0.5, 0.6) is 0 Å². The molecule has 1 saturated heterocycles. The highest BCUT2D eigenvalue weighted by atomic mass is 16.2. The van der Waals surface area contributed by atoms with Crippen LogP contribution in [0, 0.1) is 0 Å². The average molecular weight is 290 g/mol. The van der Waals surface area contributed by atoms with Crippen LogP contribution in [0.4, 0.5) is 5.69 Å². The first kappa shape index (κ1) is 15.8. The number of nitrogens with zero attached hydrogens (tertiary/aromatic N) is 3. The van der Waals surface area contributed by atoms with Crippen LogP contribution >= 0.6 is 0 Å². The van der Waals surface area contributed by atoms with Crippen LogP contribution in [0.3, 0.4) is 0 Å². The first-order valence-corrected chi connectivity index (χ1v) is 7.59. The molecule has 0 aliphatic carbocycles. The Morgan fingerprint density at radius 2 is 1.81 bits per heavy atom. The first-order valence-electron chi connectivity index (χ1n) is 7.59. The van der Waals surface area contributed by atoms with Gasteiger partial charge in [-0.05, 0) is 26.2 Å². The summed E-state index contributed by atoms with van der Waals surface area (Å²) < 4.78 is 0. The molecule has 1 N–H and O–H groups in total. The van der Waals surface area contributed by atoms with Crippen molar-refractivity contribution in [2.24, 2.45) is 0 Å². The molecule has 1 amide bonds. The molecule has 0 atom stereocenters. The fraction of sp³-hybridized carbons (Fsp3) is 0.562. The largest absolute Gasteiger partial charge is 0.369 e. The van der Waals surface area contributed by atoms with Gasteiger partial charge in [0.05, 0.1) is 6.54 Å². The molecule has 1 aromatic rings. The second kappa shape index (κ2) is 8.00. The predicted molar refractivity (Wildman–Crippen MR) is 86.7 cm³/mol. The third-order valence-corrected chi connectivity index (χ3v) is 3.74. The number of rotatable bonds is 6. The number of anilines is 1. The SMILES string of the molecule is CN(C)CCNC(=O)CN1CCN(c2ccccc2)CC1. The van der Waals surface area contributed by atoms with Gasteiger partial charge in [-0.1, -0.05) is 18.2 Å². The molecule has 5 heteroatoms. The lowest BCUT2D eigenvalue weighted by molar-refractivity contribution is -0.122. The number of piperazine rings is 1. The summed E-state index contributed by atoms with van der Waals surface area (Å²) in [5, 5.41) is 2.97. The van der Waals surface area contributed by atoms with Crippen LogP contribution in [0.1, 0.15) is 0 Å². The maximum Gasteiger partial charge on any atom is 0.234 e. The Morgan fingerprint density at radius 1 is 1.14 bits per heavy atom. The van der Waals surface area contributed by atoms with E-state index >= 15 is 0 Å². The number of carbonyl (C=O) groups is 1. The molecule has 0 aromatic heterocycles. The lowest BCUT2D eigenvalue weighted by atomic mass is 10.2. The van der Waals surface area contributed by atoms with E-state index in [4.69, 9.17) is 0 Å². The second-order valence-electron chi connectivity index (χ2n) is 5.75. The van der Waals surface area contributed by atoms with Crippen molar-refractivity contribution in [2.75, 3.05) is 64.8 Å². The summed E-state index contributed by atoms with van der Waals surface area (Å²) in [6.45, 7) is 5.95. The number of amides is 1. The molecule has 0 radical (unpaired) electrons. The topological polar surface area (TPSA) is 38.8 Å². The number of likely N-dealkylation sites (N-methyl/N-ethyl adjacent to an activating group) is 1. The van der Waals surface area contributed by atoms with Gasteiger partial charge in [0, 0.05) is 45.0 Å². The third-order valence-electron chi connectivity index (χ3n) is 3.74. The second-order valence-corrected chi connectivity index (χ2v) is 5.75. The average Bonchev–Trinajstić information content (AvgIpc) is 2.48. The van der Waals surface area contributed by atoms with Crippen LogP contribution in [-0.4, -0.2) is 75.6 Å². The van der Waals surface area contributed by atoms with Gasteiger partial charge < -0.3 is 15.1 Å². The minimum atomic E-state index is 0.130. The van der Waals surface area contributed by atoms with E-state index in [2.05, 4.69) is 44.3 Å². The maximum absolute atomic E-state index is 11.9. The van der Waals surface area contributed by atoms with Gasteiger partial charge >= 0.3 is 0 Å². The van der Waals surface area contributed by atoms with Crippen molar-refractivity contribution in [3.63, 3.8) is 0 Å². The molecular formula is C16H26N4O. The third kappa shape index (κ3) is 5.36. The van der Waals surface area contributed by atoms with E-state index in [0.717, 1.165) is 39.3 Å². The van der Waals surface area contributed by atoms with Crippen molar-refractivity contribution in [1.82, 2.24) is 15.1 Å². The highest BCUT2D eigenvalue weighted by Gasteiger charge is 2.18. The van der Waals surface area contributed by atoms with E-state index in [9.17, 15) is 4.79 Å². The minimum Gasteiger partial charge on any atom is -0.369 e. The summed E-state index contributed by atoms with van der Waals surface area (Å²) in [5.41, 5.74) is 1.27. The van der Waals surface area contributed by atoms with Crippen LogP contribution in [-0.2, 0) is 4.79 Å². The molecule has 1 aliphatic rings. The van der Waals surface area contributed by atoms with E-state index in [1.54, 1.807) is 0 Å².